The average Bonchev–Trinajstić information content (AvgIpc) is 2.73. The fourth-order valence-electron chi connectivity index (χ4n) is 2.97. The molecule has 0 bridgehead atoms. The highest BCUT2D eigenvalue weighted by Gasteiger charge is 2.25. The molecule has 0 heterocycles. The SMILES string of the molecule is COC(=O)[C@H](Cc1ccc(OC(=O)OC(C)(C)C)c(OC(=O)OC(C)(C)C)c1)NCCOC(=O)CC(C)C. The number of rotatable bonds is 11. The zero-order valence-electron chi connectivity index (χ0n) is 23.8. The van der Waals surface area contributed by atoms with Gasteiger partial charge in [-0.3, -0.25) is 9.59 Å². The van der Waals surface area contributed by atoms with Gasteiger partial charge in [0.05, 0.1) is 7.11 Å². The molecule has 0 saturated carbocycles. The van der Waals surface area contributed by atoms with Crippen LogP contribution in [0.5, 0.6) is 11.5 Å². The van der Waals surface area contributed by atoms with E-state index in [2.05, 4.69) is 5.32 Å². The van der Waals surface area contributed by atoms with E-state index in [1.165, 1.54) is 19.2 Å². The van der Waals surface area contributed by atoms with Gasteiger partial charge in [0.15, 0.2) is 11.5 Å². The predicted molar refractivity (Wildman–Crippen MR) is 138 cm³/mol. The molecule has 1 aromatic carbocycles. The fraction of sp³-hybridized carbons (Fsp3) is 0.630. The molecule has 0 saturated heterocycles. The molecular formula is C27H41NO10. The van der Waals surface area contributed by atoms with Crippen LogP contribution < -0.4 is 14.8 Å². The van der Waals surface area contributed by atoms with Gasteiger partial charge in [-0.1, -0.05) is 19.9 Å². The van der Waals surface area contributed by atoms with Crippen molar-refractivity contribution >= 4 is 24.2 Å². The van der Waals surface area contributed by atoms with E-state index >= 15 is 0 Å². The number of methoxy groups -OCH3 is 1. The quantitative estimate of drug-likeness (QED) is 0.183. The molecule has 1 rings (SSSR count). The number of carbonyl (C=O) groups is 4. The smallest absolute Gasteiger partial charge is 0.468 e. The molecule has 1 atom stereocenters. The fourth-order valence-corrected chi connectivity index (χ4v) is 2.97. The van der Waals surface area contributed by atoms with Crippen LogP contribution in [0.3, 0.4) is 0 Å². The largest absolute Gasteiger partial charge is 0.514 e. The van der Waals surface area contributed by atoms with Crippen LogP contribution in [-0.4, -0.2) is 61.8 Å². The molecule has 0 aromatic heterocycles. The van der Waals surface area contributed by atoms with E-state index in [4.69, 9.17) is 28.4 Å². The molecule has 11 heteroatoms. The van der Waals surface area contributed by atoms with Crippen molar-refractivity contribution in [3.8, 4) is 11.5 Å². The van der Waals surface area contributed by atoms with E-state index < -0.39 is 35.5 Å². The first kappa shape index (κ1) is 32.7. The zero-order valence-corrected chi connectivity index (χ0v) is 23.8. The van der Waals surface area contributed by atoms with Crippen molar-refractivity contribution < 1.29 is 47.6 Å². The van der Waals surface area contributed by atoms with Gasteiger partial charge >= 0.3 is 24.2 Å². The van der Waals surface area contributed by atoms with Crippen molar-refractivity contribution in [1.29, 1.82) is 0 Å². The van der Waals surface area contributed by atoms with Gasteiger partial charge in [-0.15, -0.1) is 0 Å². The highest BCUT2D eigenvalue weighted by atomic mass is 16.8. The van der Waals surface area contributed by atoms with Gasteiger partial charge in [0, 0.05) is 13.0 Å². The number of benzene rings is 1. The van der Waals surface area contributed by atoms with Crippen molar-refractivity contribution in [2.45, 2.75) is 85.5 Å². The van der Waals surface area contributed by atoms with Crippen molar-refractivity contribution in [2.75, 3.05) is 20.3 Å². The van der Waals surface area contributed by atoms with Crippen LogP contribution in [0.4, 0.5) is 9.59 Å². The molecule has 0 spiro atoms. The summed E-state index contributed by atoms with van der Waals surface area (Å²) in [5, 5.41) is 3.00. The van der Waals surface area contributed by atoms with Crippen LogP contribution in [0, 0.1) is 5.92 Å². The standard InChI is InChI=1S/C27H41NO10/c1-17(2)14-22(29)34-13-12-28-19(23(30)33-9)15-18-10-11-20(35-24(31)37-26(3,4)5)21(16-18)36-25(32)38-27(6,7)8/h10-11,16-17,19,28H,12-15H2,1-9H3/t19-/m0/s1. The highest BCUT2D eigenvalue weighted by Crippen LogP contribution is 2.31. The molecule has 0 aliphatic carbocycles. The molecule has 1 N–H and O–H groups in total. The van der Waals surface area contributed by atoms with Crippen molar-refractivity contribution in [3.05, 3.63) is 23.8 Å². The Morgan fingerprint density at radius 1 is 0.868 bits per heavy atom. The zero-order chi connectivity index (χ0) is 29.1. The van der Waals surface area contributed by atoms with Crippen molar-refractivity contribution in [1.82, 2.24) is 5.32 Å². The predicted octanol–water partition coefficient (Wildman–Crippen LogP) is 4.58. The minimum atomic E-state index is -1.01. The lowest BCUT2D eigenvalue weighted by molar-refractivity contribution is -0.144. The van der Waals surface area contributed by atoms with Gasteiger partial charge < -0.3 is 33.7 Å². The van der Waals surface area contributed by atoms with Crippen LogP contribution >= 0.6 is 0 Å². The number of esters is 2. The normalized spacial score (nSPS) is 12.4. The summed E-state index contributed by atoms with van der Waals surface area (Å²) in [7, 11) is 1.26. The maximum atomic E-state index is 12.4. The second-order valence-electron chi connectivity index (χ2n) is 11.0. The van der Waals surface area contributed by atoms with E-state index in [0.29, 0.717) is 12.0 Å². The third kappa shape index (κ3) is 13.8. The lowest BCUT2D eigenvalue weighted by atomic mass is 10.1. The summed E-state index contributed by atoms with van der Waals surface area (Å²) in [6.07, 6.45) is -1.56. The Labute approximate surface area is 224 Å². The van der Waals surface area contributed by atoms with Gasteiger partial charge in [-0.2, -0.15) is 0 Å². The summed E-state index contributed by atoms with van der Waals surface area (Å²) in [5.41, 5.74) is -1.06. The number of nitrogens with one attached hydrogen (secondary N) is 1. The maximum absolute atomic E-state index is 12.4. The molecule has 0 aliphatic rings. The Morgan fingerprint density at radius 3 is 1.92 bits per heavy atom. The summed E-state index contributed by atoms with van der Waals surface area (Å²) in [5.74, 6) is -0.858. The number of hydrogen-bond acceptors (Lipinski definition) is 11. The number of carbonyl (C=O) groups excluding carboxylic acids is 4. The van der Waals surface area contributed by atoms with Crippen molar-refractivity contribution in [2.24, 2.45) is 5.92 Å². The molecule has 0 unspecified atom stereocenters. The second kappa shape index (κ2) is 14.6. The minimum Gasteiger partial charge on any atom is -0.468 e. The van der Waals surface area contributed by atoms with Crippen LogP contribution in [0.1, 0.15) is 67.4 Å². The first-order chi connectivity index (χ1) is 17.5. The van der Waals surface area contributed by atoms with Gasteiger partial charge in [0.25, 0.3) is 0 Å². The van der Waals surface area contributed by atoms with Gasteiger partial charge in [-0.05, 0) is 71.6 Å². The van der Waals surface area contributed by atoms with Crippen LogP contribution in [-0.2, 0) is 35.0 Å². The van der Waals surface area contributed by atoms with Gasteiger partial charge in [0.1, 0.15) is 23.9 Å². The molecule has 0 aliphatic heterocycles. The molecule has 0 fully saturated rings. The molecule has 0 amide bonds. The summed E-state index contributed by atoms with van der Waals surface area (Å²) in [4.78, 5) is 48.7. The summed E-state index contributed by atoms with van der Waals surface area (Å²) in [6.45, 7) is 14.2. The van der Waals surface area contributed by atoms with E-state index in [0.717, 1.165) is 0 Å². The first-order valence-corrected chi connectivity index (χ1v) is 12.4. The Balaban J connectivity index is 3.06. The minimum absolute atomic E-state index is 0.0755. The van der Waals surface area contributed by atoms with E-state index in [-0.39, 0.29) is 43.0 Å². The molecule has 11 nitrogen and oxygen atoms in total. The number of ether oxygens (including phenoxy) is 6. The van der Waals surface area contributed by atoms with Gasteiger partial charge in [-0.25, -0.2) is 9.59 Å². The molecule has 38 heavy (non-hydrogen) atoms. The van der Waals surface area contributed by atoms with E-state index in [1.807, 2.05) is 13.8 Å². The van der Waals surface area contributed by atoms with Crippen LogP contribution in [0.2, 0.25) is 0 Å². The highest BCUT2D eigenvalue weighted by molar-refractivity contribution is 5.76. The number of hydrogen-bond donors (Lipinski definition) is 1. The topological polar surface area (TPSA) is 136 Å². The molecule has 0 radical (unpaired) electrons. The van der Waals surface area contributed by atoms with Crippen molar-refractivity contribution in [3.63, 3.8) is 0 Å². The monoisotopic (exact) mass is 539 g/mol. The third-order valence-electron chi connectivity index (χ3n) is 4.43. The van der Waals surface area contributed by atoms with E-state index in [1.54, 1.807) is 47.6 Å². The molecular weight excluding hydrogens is 498 g/mol. The van der Waals surface area contributed by atoms with Crippen LogP contribution in [0.15, 0.2) is 18.2 Å². The Hall–Kier alpha value is -3.34. The summed E-state index contributed by atoms with van der Waals surface area (Å²) >= 11 is 0. The third-order valence-corrected chi connectivity index (χ3v) is 4.43. The summed E-state index contributed by atoms with van der Waals surface area (Å²) < 4.78 is 31.0. The molecule has 1 aromatic rings. The maximum Gasteiger partial charge on any atom is 0.514 e. The summed E-state index contributed by atoms with van der Waals surface area (Å²) in [6, 6.07) is 3.67. The van der Waals surface area contributed by atoms with E-state index in [9.17, 15) is 19.2 Å². The lowest BCUT2D eigenvalue weighted by Gasteiger charge is -2.21. The lowest BCUT2D eigenvalue weighted by Crippen LogP contribution is -2.41. The average molecular weight is 540 g/mol. The van der Waals surface area contributed by atoms with Gasteiger partial charge in [0.2, 0.25) is 0 Å². The Kier molecular flexibility index (Phi) is 12.5. The first-order valence-electron chi connectivity index (χ1n) is 12.4. The Bertz CT molecular complexity index is 960. The Morgan fingerprint density at radius 2 is 1.42 bits per heavy atom. The second-order valence-corrected chi connectivity index (χ2v) is 11.0. The van der Waals surface area contributed by atoms with Crippen LogP contribution in [0.25, 0.3) is 0 Å². The molecule has 214 valence electrons.